The van der Waals surface area contributed by atoms with Gasteiger partial charge >= 0.3 is 0 Å². The quantitative estimate of drug-likeness (QED) is 0.791. The summed E-state index contributed by atoms with van der Waals surface area (Å²) in [5, 5.41) is 0. The molecule has 0 aromatic heterocycles. The zero-order valence-electron chi connectivity index (χ0n) is 11.6. The summed E-state index contributed by atoms with van der Waals surface area (Å²) in [4.78, 5) is 10.3. The lowest BCUT2D eigenvalue weighted by molar-refractivity contribution is 0.555. The van der Waals surface area contributed by atoms with E-state index in [0.29, 0.717) is 6.42 Å². The van der Waals surface area contributed by atoms with Crippen molar-refractivity contribution in [2.75, 3.05) is 0 Å². The topological polar surface area (TPSA) is 17.1 Å². The highest BCUT2D eigenvalue weighted by atomic mass is 16.1. The Bertz CT molecular complexity index is 532. The van der Waals surface area contributed by atoms with E-state index in [4.69, 9.17) is 0 Å². The molecule has 0 spiro atoms. The first-order valence-electron chi connectivity index (χ1n) is 6.67. The third-order valence-electron chi connectivity index (χ3n) is 3.28. The van der Waals surface area contributed by atoms with Crippen LogP contribution in [0.1, 0.15) is 27.8 Å². The molecule has 0 fully saturated rings. The molecule has 2 aromatic rings. The van der Waals surface area contributed by atoms with Crippen LogP contribution in [-0.4, -0.2) is 6.29 Å². The van der Waals surface area contributed by atoms with Crippen molar-refractivity contribution in [3.05, 3.63) is 70.3 Å². The highest BCUT2D eigenvalue weighted by Crippen LogP contribution is 2.13. The largest absolute Gasteiger partial charge is 0.291 e. The molecule has 2 aromatic carbocycles. The smallest absolute Gasteiger partial charge is 0.203 e. The fourth-order valence-corrected chi connectivity index (χ4v) is 2.41. The minimum Gasteiger partial charge on any atom is -0.291 e. The first-order valence-corrected chi connectivity index (χ1v) is 6.67. The number of hydrogen-bond acceptors (Lipinski definition) is 1. The molecule has 0 heterocycles. The van der Waals surface area contributed by atoms with Gasteiger partial charge in [-0.05, 0) is 43.4 Å². The van der Waals surface area contributed by atoms with E-state index < -0.39 is 0 Å². The number of rotatable bonds is 5. The van der Waals surface area contributed by atoms with Crippen LogP contribution in [0, 0.1) is 13.8 Å². The fraction of sp³-hybridized carbons (Fsp3) is 0.278. The Morgan fingerprint density at radius 1 is 0.789 bits per heavy atom. The Kier molecular flexibility index (Phi) is 4.51. The molecule has 0 aliphatic rings. The molecule has 0 bridgehead atoms. The van der Waals surface area contributed by atoms with Gasteiger partial charge in [-0.25, -0.2) is 0 Å². The predicted octanol–water partition coefficient (Wildman–Crippen LogP) is 3.74. The van der Waals surface area contributed by atoms with Gasteiger partial charge in [-0.2, -0.15) is 0 Å². The Hall–Kier alpha value is -1.89. The molecule has 0 saturated heterocycles. The van der Waals surface area contributed by atoms with Crippen molar-refractivity contribution in [3.8, 4) is 0 Å². The van der Waals surface area contributed by atoms with Crippen LogP contribution < -0.4 is 0 Å². The zero-order chi connectivity index (χ0) is 13.7. The zero-order valence-corrected chi connectivity index (χ0v) is 11.6. The maximum Gasteiger partial charge on any atom is 0.203 e. The van der Waals surface area contributed by atoms with E-state index in [1.807, 2.05) is 18.4 Å². The van der Waals surface area contributed by atoms with Crippen LogP contribution >= 0.6 is 0 Å². The third-order valence-corrected chi connectivity index (χ3v) is 3.28. The van der Waals surface area contributed by atoms with Crippen molar-refractivity contribution in [2.24, 2.45) is 0 Å². The van der Waals surface area contributed by atoms with Gasteiger partial charge in [0.2, 0.25) is 6.29 Å². The van der Waals surface area contributed by atoms with Gasteiger partial charge in [0.1, 0.15) is 0 Å². The van der Waals surface area contributed by atoms with Gasteiger partial charge in [-0.3, -0.25) is 4.79 Å². The summed E-state index contributed by atoms with van der Waals surface area (Å²) in [6.07, 6.45) is 4.40. The number of benzene rings is 2. The minimum absolute atomic E-state index is 0.386. The lowest BCUT2D eigenvalue weighted by Gasteiger charge is -2.06. The second-order valence-electron chi connectivity index (χ2n) is 5.13. The summed E-state index contributed by atoms with van der Waals surface area (Å²) in [5.74, 6) is 0. The molecule has 0 N–H and O–H groups in total. The first kappa shape index (κ1) is 13.5. The van der Waals surface area contributed by atoms with Crippen LogP contribution in [0.15, 0.2) is 42.5 Å². The van der Waals surface area contributed by atoms with Crippen LogP contribution in [0.3, 0.4) is 0 Å². The lowest BCUT2D eigenvalue weighted by Crippen LogP contribution is -1.94. The number of hydrogen-bond donors (Lipinski definition) is 0. The maximum atomic E-state index is 10.3. The average Bonchev–Trinajstić information content (AvgIpc) is 2.37. The van der Waals surface area contributed by atoms with Crippen molar-refractivity contribution >= 4 is 6.29 Å². The molecular formula is C18H19O. The second kappa shape index (κ2) is 6.33. The maximum absolute atomic E-state index is 10.3. The van der Waals surface area contributed by atoms with Crippen LogP contribution in [0.2, 0.25) is 0 Å². The lowest BCUT2D eigenvalue weighted by atomic mass is 10.00. The Morgan fingerprint density at radius 2 is 1.32 bits per heavy atom. The Labute approximate surface area is 115 Å². The fourth-order valence-electron chi connectivity index (χ4n) is 2.41. The van der Waals surface area contributed by atoms with Crippen molar-refractivity contribution in [1.29, 1.82) is 0 Å². The van der Waals surface area contributed by atoms with Gasteiger partial charge in [0, 0.05) is 6.42 Å². The highest BCUT2D eigenvalue weighted by molar-refractivity contribution is 5.55. The Morgan fingerprint density at radius 3 is 1.89 bits per heavy atom. The molecule has 0 saturated carbocycles. The standard InChI is InChI=1S/C18H19O/c1-14-11-15(2)13-18(12-14)8-7-16-3-5-17(6-4-16)9-10-19/h3-6,11-13H,7-9H2,1-2H3. The SMILES string of the molecule is Cc1cc(C)cc(CCc2ccc(C[C]=O)cc2)c1. The van der Waals surface area contributed by atoms with E-state index in [-0.39, 0.29) is 0 Å². The van der Waals surface area contributed by atoms with E-state index >= 15 is 0 Å². The molecule has 1 radical (unpaired) electrons. The predicted molar refractivity (Wildman–Crippen MR) is 79.2 cm³/mol. The van der Waals surface area contributed by atoms with Crippen LogP contribution in [0.4, 0.5) is 0 Å². The molecule has 0 aliphatic heterocycles. The van der Waals surface area contributed by atoms with E-state index in [0.717, 1.165) is 18.4 Å². The van der Waals surface area contributed by atoms with Crippen molar-refractivity contribution in [1.82, 2.24) is 0 Å². The van der Waals surface area contributed by atoms with Crippen LogP contribution in [-0.2, 0) is 24.1 Å². The second-order valence-corrected chi connectivity index (χ2v) is 5.13. The van der Waals surface area contributed by atoms with Gasteiger partial charge in [-0.15, -0.1) is 0 Å². The summed E-state index contributed by atoms with van der Waals surface area (Å²) in [6, 6.07) is 15.0. The molecule has 0 atom stereocenters. The Balaban J connectivity index is 1.99. The van der Waals surface area contributed by atoms with Gasteiger partial charge in [0.05, 0.1) is 0 Å². The molecule has 2 rings (SSSR count). The molecule has 97 valence electrons. The van der Waals surface area contributed by atoms with Crippen LogP contribution in [0.5, 0.6) is 0 Å². The van der Waals surface area contributed by atoms with Crippen molar-refractivity contribution < 1.29 is 4.79 Å². The summed E-state index contributed by atoms with van der Waals surface area (Å²) in [6.45, 7) is 4.28. The molecular weight excluding hydrogens is 232 g/mol. The van der Waals surface area contributed by atoms with Gasteiger partial charge in [0.25, 0.3) is 0 Å². The van der Waals surface area contributed by atoms with Gasteiger partial charge in [0.15, 0.2) is 0 Å². The van der Waals surface area contributed by atoms with Gasteiger partial charge in [-0.1, -0.05) is 53.6 Å². The highest BCUT2D eigenvalue weighted by Gasteiger charge is 1.99. The summed E-state index contributed by atoms with van der Waals surface area (Å²) in [7, 11) is 0. The van der Waals surface area contributed by atoms with Crippen molar-refractivity contribution in [2.45, 2.75) is 33.1 Å². The molecule has 0 aliphatic carbocycles. The molecule has 1 nitrogen and oxygen atoms in total. The first-order chi connectivity index (χ1) is 9.17. The minimum atomic E-state index is 0.386. The van der Waals surface area contributed by atoms with Crippen LogP contribution in [0.25, 0.3) is 0 Å². The van der Waals surface area contributed by atoms with E-state index in [1.165, 1.54) is 22.3 Å². The van der Waals surface area contributed by atoms with E-state index in [2.05, 4.69) is 44.2 Å². The molecule has 0 amide bonds. The van der Waals surface area contributed by atoms with Crippen molar-refractivity contribution in [3.63, 3.8) is 0 Å². The summed E-state index contributed by atoms with van der Waals surface area (Å²) < 4.78 is 0. The molecule has 0 unspecified atom stereocenters. The number of carbonyl (C=O) groups excluding carboxylic acids is 1. The normalized spacial score (nSPS) is 10.4. The summed E-state index contributed by atoms with van der Waals surface area (Å²) in [5.41, 5.74) is 6.39. The summed E-state index contributed by atoms with van der Waals surface area (Å²) >= 11 is 0. The molecule has 1 heteroatoms. The van der Waals surface area contributed by atoms with E-state index in [9.17, 15) is 4.79 Å². The average molecular weight is 251 g/mol. The van der Waals surface area contributed by atoms with E-state index in [1.54, 1.807) is 0 Å². The third kappa shape index (κ3) is 4.06. The van der Waals surface area contributed by atoms with Gasteiger partial charge < -0.3 is 0 Å². The monoisotopic (exact) mass is 251 g/mol. The molecule has 19 heavy (non-hydrogen) atoms. The number of aryl methyl sites for hydroxylation is 4.